The molecule has 0 atom stereocenters. The molecular formula is C12H18F3N3O. The van der Waals surface area contributed by atoms with Crippen molar-refractivity contribution in [2.75, 3.05) is 45.8 Å². The molecule has 2 aliphatic rings. The summed E-state index contributed by atoms with van der Waals surface area (Å²) in [5.41, 5.74) is 1.84. The molecule has 1 N–H and O–H groups in total. The zero-order valence-electron chi connectivity index (χ0n) is 10.9. The van der Waals surface area contributed by atoms with Gasteiger partial charge in [-0.3, -0.25) is 9.69 Å². The average Bonchev–Trinajstić information content (AvgIpc) is 2.24. The Kier molecular flexibility index (Phi) is 4.15. The molecule has 108 valence electrons. The molecule has 4 nitrogen and oxygen atoms in total. The molecule has 0 radical (unpaired) electrons. The van der Waals surface area contributed by atoms with Gasteiger partial charge in [0.05, 0.1) is 6.54 Å². The first-order chi connectivity index (χ1) is 8.87. The number of nitrogens with one attached hydrogen (secondary N) is 1. The Bertz CT molecular complexity index is 378. The van der Waals surface area contributed by atoms with Crippen molar-refractivity contribution >= 4 is 5.91 Å². The summed E-state index contributed by atoms with van der Waals surface area (Å²) in [7, 11) is 0. The quantitative estimate of drug-likeness (QED) is 0.751. The van der Waals surface area contributed by atoms with Gasteiger partial charge < -0.3 is 10.2 Å². The van der Waals surface area contributed by atoms with Crippen molar-refractivity contribution in [1.82, 2.24) is 15.1 Å². The zero-order chi connectivity index (χ0) is 14.0. The van der Waals surface area contributed by atoms with Gasteiger partial charge in [0.25, 0.3) is 0 Å². The minimum atomic E-state index is -4.17. The molecule has 19 heavy (non-hydrogen) atoms. The van der Waals surface area contributed by atoms with Crippen molar-refractivity contribution in [1.29, 1.82) is 0 Å². The normalized spacial score (nSPS) is 21.3. The smallest absolute Gasteiger partial charge is 0.336 e. The number of hydrogen-bond acceptors (Lipinski definition) is 3. The number of piperazine rings is 1. The third kappa shape index (κ3) is 3.70. The van der Waals surface area contributed by atoms with Crippen LogP contribution in [0.3, 0.4) is 0 Å². The highest BCUT2D eigenvalue weighted by Crippen LogP contribution is 2.18. The van der Waals surface area contributed by atoms with Gasteiger partial charge in [-0.25, -0.2) is 0 Å². The van der Waals surface area contributed by atoms with Gasteiger partial charge in [-0.2, -0.15) is 13.2 Å². The number of carbonyl (C=O) groups is 1. The Labute approximate surface area is 110 Å². The van der Waals surface area contributed by atoms with Crippen molar-refractivity contribution in [3.63, 3.8) is 0 Å². The summed E-state index contributed by atoms with van der Waals surface area (Å²) in [5.74, 6) is -0.0387. The Morgan fingerprint density at radius 2 is 1.79 bits per heavy atom. The van der Waals surface area contributed by atoms with E-state index in [1.807, 2.05) is 0 Å². The molecule has 1 amide bonds. The van der Waals surface area contributed by atoms with E-state index in [0.29, 0.717) is 13.1 Å². The van der Waals surface area contributed by atoms with Crippen LogP contribution >= 0.6 is 0 Å². The SMILES string of the molecule is CC(C(=O)N1CCN(CC(F)(F)F)CC1)=C1CNC1. The molecule has 0 aromatic heterocycles. The summed E-state index contributed by atoms with van der Waals surface area (Å²) in [6.45, 7) is 3.69. The lowest BCUT2D eigenvalue weighted by Crippen LogP contribution is -2.51. The van der Waals surface area contributed by atoms with Crippen LogP contribution in [0.5, 0.6) is 0 Å². The van der Waals surface area contributed by atoms with E-state index in [1.165, 1.54) is 4.90 Å². The summed E-state index contributed by atoms with van der Waals surface area (Å²) in [6, 6.07) is 0. The van der Waals surface area contributed by atoms with Gasteiger partial charge in [0.15, 0.2) is 0 Å². The lowest BCUT2D eigenvalue weighted by Gasteiger charge is -2.36. The number of halogens is 3. The van der Waals surface area contributed by atoms with Crippen molar-refractivity contribution < 1.29 is 18.0 Å². The lowest BCUT2D eigenvalue weighted by atomic mass is 10.0. The second-order valence-corrected chi connectivity index (χ2v) is 5.02. The van der Waals surface area contributed by atoms with Crippen molar-refractivity contribution in [3.05, 3.63) is 11.1 Å². The van der Waals surface area contributed by atoms with E-state index in [-0.39, 0.29) is 19.0 Å². The maximum absolute atomic E-state index is 12.2. The van der Waals surface area contributed by atoms with E-state index in [4.69, 9.17) is 0 Å². The molecule has 0 saturated carbocycles. The highest BCUT2D eigenvalue weighted by molar-refractivity contribution is 5.94. The van der Waals surface area contributed by atoms with Gasteiger partial charge in [-0.05, 0) is 12.5 Å². The van der Waals surface area contributed by atoms with E-state index in [1.54, 1.807) is 11.8 Å². The predicted molar refractivity (Wildman–Crippen MR) is 64.6 cm³/mol. The van der Waals surface area contributed by atoms with Crippen molar-refractivity contribution in [3.8, 4) is 0 Å². The fourth-order valence-corrected chi connectivity index (χ4v) is 2.27. The number of amides is 1. The third-order valence-electron chi connectivity index (χ3n) is 3.59. The molecule has 2 fully saturated rings. The second kappa shape index (κ2) is 5.50. The van der Waals surface area contributed by atoms with Crippen LogP contribution in [0.15, 0.2) is 11.1 Å². The molecule has 0 aromatic rings. The summed E-state index contributed by atoms with van der Waals surface area (Å²) in [5, 5.41) is 3.07. The molecule has 2 heterocycles. The Morgan fingerprint density at radius 3 is 2.21 bits per heavy atom. The molecule has 0 unspecified atom stereocenters. The lowest BCUT2D eigenvalue weighted by molar-refractivity contribution is -0.151. The van der Waals surface area contributed by atoms with Crippen LogP contribution in [0, 0.1) is 0 Å². The molecule has 0 spiro atoms. The highest BCUT2D eigenvalue weighted by atomic mass is 19.4. The van der Waals surface area contributed by atoms with Gasteiger partial charge in [-0.1, -0.05) is 0 Å². The standard InChI is InChI=1S/C12H18F3N3O/c1-9(10-6-16-7-10)11(19)18-4-2-17(3-5-18)8-12(13,14)15/h16H,2-8H2,1H3. The summed E-state index contributed by atoms with van der Waals surface area (Å²) >= 11 is 0. The van der Waals surface area contributed by atoms with E-state index >= 15 is 0 Å². The van der Waals surface area contributed by atoms with E-state index in [0.717, 1.165) is 24.2 Å². The summed E-state index contributed by atoms with van der Waals surface area (Å²) < 4.78 is 36.7. The zero-order valence-corrected chi connectivity index (χ0v) is 10.9. The number of alkyl halides is 3. The fourth-order valence-electron chi connectivity index (χ4n) is 2.27. The second-order valence-electron chi connectivity index (χ2n) is 5.02. The Morgan fingerprint density at radius 1 is 1.21 bits per heavy atom. The van der Waals surface area contributed by atoms with Crippen LogP contribution in [-0.2, 0) is 4.79 Å². The minimum absolute atomic E-state index is 0.0387. The van der Waals surface area contributed by atoms with Crippen LogP contribution in [-0.4, -0.2) is 67.7 Å². The van der Waals surface area contributed by atoms with E-state index < -0.39 is 12.7 Å². The number of nitrogens with zero attached hydrogens (tertiary/aromatic N) is 2. The molecule has 0 aliphatic carbocycles. The third-order valence-corrected chi connectivity index (χ3v) is 3.59. The summed E-state index contributed by atoms with van der Waals surface area (Å²) in [4.78, 5) is 15.1. The number of hydrogen-bond donors (Lipinski definition) is 1. The molecule has 0 aromatic carbocycles. The minimum Gasteiger partial charge on any atom is -0.336 e. The van der Waals surface area contributed by atoms with Gasteiger partial charge >= 0.3 is 6.18 Å². The van der Waals surface area contributed by atoms with Crippen LogP contribution in [0.4, 0.5) is 13.2 Å². The highest BCUT2D eigenvalue weighted by Gasteiger charge is 2.33. The molecule has 7 heteroatoms. The molecule has 2 saturated heterocycles. The Hall–Kier alpha value is -1.08. The van der Waals surface area contributed by atoms with Crippen LogP contribution in [0.2, 0.25) is 0 Å². The van der Waals surface area contributed by atoms with Crippen molar-refractivity contribution in [2.45, 2.75) is 13.1 Å². The molecule has 2 aliphatic heterocycles. The maximum Gasteiger partial charge on any atom is 0.401 e. The average molecular weight is 277 g/mol. The van der Waals surface area contributed by atoms with Crippen LogP contribution < -0.4 is 5.32 Å². The van der Waals surface area contributed by atoms with Gasteiger partial charge in [0, 0.05) is 44.8 Å². The predicted octanol–water partition coefficient (Wildman–Crippen LogP) is 0.613. The molecular weight excluding hydrogens is 259 g/mol. The van der Waals surface area contributed by atoms with E-state index in [2.05, 4.69) is 5.32 Å². The van der Waals surface area contributed by atoms with Gasteiger partial charge in [-0.15, -0.1) is 0 Å². The van der Waals surface area contributed by atoms with Crippen molar-refractivity contribution in [2.24, 2.45) is 0 Å². The first kappa shape index (κ1) is 14.3. The first-order valence-electron chi connectivity index (χ1n) is 6.34. The number of rotatable bonds is 2. The largest absolute Gasteiger partial charge is 0.401 e. The maximum atomic E-state index is 12.2. The van der Waals surface area contributed by atoms with Crippen LogP contribution in [0.1, 0.15) is 6.92 Å². The number of carbonyl (C=O) groups excluding carboxylic acids is 1. The molecule has 0 bridgehead atoms. The van der Waals surface area contributed by atoms with Gasteiger partial charge in [0.1, 0.15) is 0 Å². The van der Waals surface area contributed by atoms with E-state index in [9.17, 15) is 18.0 Å². The monoisotopic (exact) mass is 277 g/mol. The topological polar surface area (TPSA) is 35.6 Å². The molecule has 2 rings (SSSR count). The van der Waals surface area contributed by atoms with Crippen LogP contribution in [0.25, 0.3) is 0 Å². The fraction of sp³-hybridized carbons (Fsp3) is 0.750. The summed E-state index contributed by atoms with van der Waals surface area (Å²) in [6.07, 6.45) is -4.17. The first-order valence-corrected chi connectivity index (χ1v) is 6.34. The Balaban J connectivity index is 1.84. The van der Waals surface area contributed by atoms with Gasteiger partial charge in [0.2, 0.25) is 5.91 Å².